The van der Waals surface area contributed by atoms with E-state index in [4.69, 9.17) is 0 Å². The number of pyridine rings is 1. The van der Waals surface area contributed by atoms with Crippen molar-refractivity contribution in [3.05, 3.63) is 23.9 Å². The number of hydrogen-bond acceptors (Lipinski definition) is 4. The van der Waals surface area contributed by atoms with Crippen molar-refractivity contribution in [1.82, 2.24) is 10.3 Å². The average molecular weight is 307 g/mol. The van der Waals surface area contributed by atoms with Crippen LogP contribution in [0, 0.1) is 0 Å². The summed E-state index contributed by atoms with van der Waals surface area (Å²) in [5, 5.41) is 6.99. The molecule has 0 bridgehead atoms. The Bertz CT molecular complexity index is 467. The van der Waals surface area contributed by atoms with Gasteiger partial charge in [0.2, 0.25) is 0 Å². The highest BCUT2D eigenvalue weighted by atomic mass is 32.2. The van der Waals surface area contributed by atoms with Crippen LogP contribution >= 0.6 is 11.8 Å². The molecule has 1 aliphatic rings. The van der Waals surface area contributed by atoms with Crippen molar-refractivity contribution in [2.45, 2.75) is 50.8 Å². The van der Waals surface area contributed by atoms with Gasteiger partial charge >= 0.3 is 0 Å². The van der Waals surface area contributed by atoms with E-state index in [1.54, 1.807) is 6.20 Å². The summed E-state index contributed by atoms with van der Waals surface area (Å²) in [6.45, 7) is 5.10. The van der Waals surface area contributed by atoms with Gasteiger partial charge in [-0.3, -0.25) is 4.79 Å². The van der Waals surface area contributed by atoms with Gasteiger partial charge in [-0.1, -0.05) is 20.3 Å². The summed E-state index contributed by atoms with van der Waals surface area (Å²) >= 11 is 1.96. The predicted molar refractivity (Wildman–Crippen MR) is 90.0 cm³/mol. The van der Waals surface area contributed by atoms with Crippen LogP contribution < -0.4 is 10.6 Å². The maximum Gasteiger partial charge on any atom is 0.255 e. The van der Waals surface area contributed by atoms with Crippen LogP contribution in [0.3, 0.4) is 0 Å². The van der Waals surface area contributed by atoms with Crippen LogP contribution in [0.5, 0.6) is 0 Å². The van der Waals surface area contributed by atoms with E-state index in [1.807, 2.05) is 23.9 Å². The topological polar surface area (TPSA) is 54.0 Å². The van der Waals surface area contributed by atoms with Crippen molar-refractivity contribution in [2.24, 2.45) is 0 Å². The average Bonchev–Trinajstić information content (AvgIpc) is 2.93. The van der Waals surface area contributed by atoms with E-state index in [9.17, 15) is 4.79 Å². The number of aromatic nitrogens is 1. The van der Waals surface area contributed by atoms with Crippen LogP contribution in [0.1, 0.15) is 49.9 Å². The Morgan fingerprint density at radius 3 is 3.05 bits per heavy atom. The maximum absolute atomic E-state index is 12.5. The standard InChI is InChI=1S/C16H25N3OS/c1-3-10-17-15-12(7-6-11-18-15)16(20)19-13-8-5-9-14(13)21-4-2/h6-7,11,13-14H,3-5,8-10H2,1-2H3,(H,17,18)(H,19,20). The molecule has 1 amide bonds. The highest BCUT2D eigenvalue weighted by molar-refractivity contribution is 7.99. The lowest BCUT2D eigenvalue weighted by molar-refractivity contribution is 0.0939. The van der Waals surface area contributed by atoms with Crippen molar-refractivity contribution < 1.29 is 4.79 Å². The molecular formula is C16H25N3OS. The Labute approximate surface area is 131 Å². The number of nitrogens with one attached hydrogen (secondary N) is 2. The molecule has 116 valence electrons. The molecule has 2 rings (SSSR count). The first-order valence-corrected chi connectivity index (χ1v) is 8.92. The fourth-order valence-corrected chi connectivity index (χ4v) is 3.92. The minimum atomic E-state index is -0.00435. The lowest BCUT2D eigenvalue weighted by atomic mass is 10.2. The van der Waals surface area contributed by atoms with Crippen LogP contribution in [-0.2, 0) is 0 Å². The van der Waals surface area contributed by atoms with E-state index < -0.39 is 0 Å². The lowest BCUT2D eigenvalue weighted by Gasteiger charge is -2.20. The molecule has 0 radical (unpaired) electrons. The molecule has 1 saturated carbocycles. The molecule has 2 N–H and O–H groups in total. The molecule has 1 fully saturated rings. The molecule has 1 aliphatic carbocycles. The molecule has 1 aromatic rings. The largest absolute Gasteiger partial charge is 0.369 e. The lowest BCUT2D eigenvalue weighted by Crippen LogP contribution is -2.39. The summed E-state index contributed by atoms with van der Waals surface area (Å²) in [5.74, 6) is 1.79. The third-order valence-electron chi connectivity index (χ3n) is 3.74. The molecule has 0 aromatic carbocycles. The molecule has 2 unspecified atom stereocenters. The summed E-state index contributed by atoms with van der Waals surface area (Å²) in [4.78, 5) is 16.8. The molecular weight excluding hydrogens is 282 g/mol. The number of hydrogen-bond donors (Lipinski definition) is 2. The van der Waals surface area contributed by atoms with Crippen LogP contribution in [0.15, 0.2) is 18.3 Å². The molecule has 21 heavy (non-hydrogen) atoms. The number of thioether (sulfide) groups is 1. The Hall–Kier alpha value is -1.23. The quantitative estimate of drug-likeness (QED) is 0.811. The van der Waals surface area contributed by atoms with E-state index in [1.165, 1.54) is 12.8 Å². The van der Waals surface area contributed by atoms with Gasteiger partial charge in [-0.05, 0) is 37.1 Å². The zero-order valence-electron chi connectivity index (χ0n) is 12.9. The Morgan fingerprint density at radius 1 is 1.43 bits per heavy atom. The van der Waals surface area contributed by atoms with Crippen molar-refractivity contribution in [1.29, 1.82) is 0 Å². The molecule has 4 nitrogen and oxygen atoms in total. The van der Waals surface area contributed by atoms with Crippen LogP contribution in [-0.4, -0.2) is 34.5 Å². The third-order valence-corrected chi connectivity index (χ3v) is 5.07. The monoisotopic (exact) mass is 307 g/mol. The molecule has 2 atom stereocenters. The van der Waals surface area contributed by atoms with E-state index in [0.717, 1.165) is 25.1 Å². The summed E-state index contributed by atoms with van der Waals surface area (Å²) in [6.07, 6.45) is 6.23. The maximum atomic E-state index is 12.5. The predicted octanol–water partition coefficient (Wildman–Crippen LogP) is 3.31. The van der Waals surface area contributed by atoms with Crippen molar-refractivity contribution in [2.75, 3.05) is 17.6 Å². The van der Waals surface area contributed by atoms with Crippen molar-refractivity contribution >= 4 is 23.5 Å². The Kier molecular flexibility index (Phi) is 6.36. The SMILES string of the molecule is CCCNc1ncccc1C(=O)NC1CCCC1SCC. The number of carbonyl (C=O) groups excluding carboxylic acids is 1. The number of amides is 1. The first-order chi connectivity index (χ1) is 10.3. The summed E-state index contributed by atoms with van der Waals surface area (Å²) in [7, 11) is 0. The third kappa shape index (κ3) is 4.37. The van der Waals surface area contributed by atoms with Crippen LogP contribution in [0.25, 0.3) is 0 Å². The van der Waals surface area contributed by atoms with Crippen LogP contribution in [0.4, 0.5) is 5.82 Å². The molecule has 1 aromatic heterocycles. The summed E-state index contributed by atoms with van der Waals surface area (Å²) < 4.78 is 0. The second-order valence-corrected chi connectivity index (χ2v) is 6.85. The highest BCUT2D eigenvalue weighted by Gasteiger charge is 2.29. The zero-order valence-corrected chi connectivity index (χ0v) is 13.7. The highest BCUT2D eigenvalue weighted by Crippen LogP contribution is 2.30. The molecule has 5 heteroatoms. The first kappa shape index (κ1) is 16.1. The van der Waals surface area contributed by atoms with Crippen molar-refractivity contribution in [3.8, 4) is 0 Å². The van der Waals surface area contributed by atoms with Crippen molar-refractivity contribution in [3.63, 3.8) is 0 Å². The Balaban J connectivity index is 2.02. The zero-order chi connectivity index (χ0) is 15.1. The van der Waals surface area contributed by atoms with E-state index in [2.05, 4.69) is 29.5 Å². The fraction of sp³-hybridized carbons (Fsp3) is 0.625. The van der Waals surface area contributed by atoms with Gasteiger partial charge in [0.15, 0.2) is 0 Å². The van der Waals surface area contributed by atoms with Crippen LogP contribution in [0.2, 0.25) is 0 Å². The number of anilines is 1. The van der Waals surface area contributed by atoms with E-state index in [-0.39, 0.29) is 5.91 Å². The van der Waals surface area contributed by atoms with Gasteiger partial charge in [0.1, 0.15) is 5.82 Å². The molecule has 0 spiro atoms. The molecule has 0 aliphatic heterocycles. The van der Waals surface area contributed by atoms with Gasteiger partial charge in [-0.2, -0.15) is 11.8 Å². The van der Waals surface area contributed by atoms with Gasteiger partial charge in [-0.25, -0.2) is 4.98 Å². The summed E-state index contributed by atoms with van der Waals surface area (Å²) in [6, 6.07) is 3.96. The van der Waals surface area contributed by atoms with Gasteiger partial charge in [0, 0.05) is 24.0 Å². The van der Waals surface area contributed by atoms with Gasteiger partial charge < -0.3 is 10.6 Å². The second-order valence-electron chi connectivity index (χ2n) is 5.33. The van der Waals surface area contributed by atoms with Gasteiger partial charge in [-0.15, -0.1) is 0 Å². The minimum absolute atomic E-state index is 0.00435. The van der Waals surface area contributed by atoms with Gasteiger partial charge in [0.25, 0.3) is 5.91 Å². The molecule has 0 saturated heterocycles. The second kappa shape index (κ2) is 8.27. The normalized spacial score (nSPS) is 21.2. The van der Waals surface area contributed by atoms with E-state index >= 15 is 0 Å². The summed E-state index contributed by atoms with van der Waals surface area (Å²) in [5.41, 5.74) is 0.651. The minimum Gasteiger partial charge on any atom is -0.369 e. The Morgan fingerprint density at radius 2 is 2.29 bits per heavy atom. The number of nitrogens with zero attached hydrogens (tertiary/aromatic N) is 1. The van der Waals surface area contributed by atoms with Gasteiger partial charge in [0.05, 0.1) is 5.56 Å². The smallest absolute Gasteiger partial charge is 0.255 e. The number of carbonyl (C=O) groups is 1. The number of rotatable bonds is 7. The first-order valence-electron chi connectivity index (χ1n) is 7.87. The van der Waals surface area contributed by atoms with E-state index in [0.29, 0.717) is 22.7 Å². The fourth-order valence-electron chi connectivity index (χ4n) is 2.72. The molecule has 1 heterocycles.